The Morgan fingerprint density at radius 1 is 0.955 bits per heavy atom. The summed E-state index contributed by atoms with van der Waals surface area (Å²) in [6, 6.07) is 0. The lowest BCUT2D eigenvalue weighted by molar-refractivity contribution is 0.0335. The largest absolute Gasteiger partial charge is 0.507 e. The van der Waals surface area contributed by atoms with E-state index in [1.807, 2.05) is 32.6 Å². The Morgan fingerprint density at radius 3 is 1.95 bits per heavy atom. The predicted octanol–water partition coefficient (Wildman–Crippen LogP) is 3.14. The monoisotopic (exact) mass is 317 g/mol. The summed E-state index contributed by atoms with van der Waals surface area (Å²) in [5.41, 5.74) is 0.0851. The molecule has 0 amide bonds. The van der Waals surface area contributed by atoms with Gasteiger partial charge in [0.15, 0.2) is 17.3 Å². The van der Waals surface area contributed by atoms with Crippen molar-refractivity contribution in [2.45, 2.75) is 41.2 Å². The number of hydrogen-bond donors (Lipinski definition) is 3. The lowest BCUT2D eigenvalue weighted by Crippen LogP contribution is -2.35. The highest BCUT2D eigenvalue weighted by Gasteiger charge is 2.23. The van der Waals surface area contributed by atoms with Crippen LogP contribution in [0.15, 0.2) is 0 Å². The molecular formula is C16H28FNO4. The molecule has 6 heteroatoms. The summed E-state index contributed by atoms with van der Waals surface area (Å²) in [5.74, 6) is -2.71. The van der Waals surface area contributed by atoms with Gasteiger partial charge in [-0.05, 0) is 6.92 Å². The normalized spacial score (nSPS) is 14.5. The summed E-state index contributed by atoms with van der Waals surface area (Å²) in [4.78, 5) is 1.95. The summed E-state index contributed by atoms with van der Waals surface area (Å²) < 4.78 is 18.6. The molecule has 0 spiro atoms. The van der Waals surface area contributed by atoms with Crippen LogP contribution in [0.4, 0.5) is 4.39 Å². The van der Waals surface area contributed by atoms with Gasteiger partial charge in [-0.3, -0.25) is 4.90 Å². The summed E-state index contributed by atoms with van der Waals surface area (Å²) >= 11 is 0. The lowest BCUT2D eigenvalue weighted by Gasteiger charge is -2.27. The number of morpholine rings is 1. The zero-order valence-corrected chi connectivity index (χ0v) is 14.1. The lowest BCUT2D eigenvalue weighted by atomic mass is 10.1. The smallest absolute Gasteiger partial charge is 0.194 e. The van der Waals surface area contributed by atoms with E-state index in [-0.39, 0.29) is 23.4 Å². The summed E-state index contributed by atoms with van der Waals surface area (Å²) in [6.45, 7) is 12.1. The number of ether oxygens (including phenoxy) is 1. The van der Waals surface area contributed by atoms with E-state index < -0.39 is 17.3 Å². The molecule has 0 saturated carbocycles. The van der Waals surface area contributed by atoms with E-state index in [0.717, 1.165) is 0 Å². The number of rotatable bonds is 2. The molecule has 0 unspecified atom stereocenters. The quantitative estimate of drug-likeness (QED) is 0.577. The van der Waals surface area contributed by atoms with Crippen LogP contribution >= 0.6 is 0 Å². The van der Waals surface area contributed by atoms with Crippen LogP contribution in [-0.2, 0) is 11.3 Å². The van der Waals surface area contributed by atoms with Crippen LogP contribution in [-0.4, -0.2) is 46.5 Å². The van der Waals surface area contributed by atoms with Crippen LogP contribution in [0, 0.1) is 12.7 Å². The summed E-state index contributed by atoms with van der Waals surface area (Å²) in [6.07, 6.45) is 0. The van der Waals surface area contributed by atoms with Crippen LogP contribution in [0.5, 0.6) is 17.2 Å². The fourth-order valence-corrected chi connectivity index (χ4v) is 2.00. The van der Waals surface area contributed by atoms with Gasteiger partial charge in [0.25, 0.3) is 0 Å². The maximum Gasteiger partial charge on any atom is 0.194 e. The minimum atomic E-state index is -0.990. The molecule has 1 fully saturated rings. The van der Waals surface area contributed by atoms with Gasteiger partial charge in [-0.15, -0.1) is 0 Å². The molecule has 5 nitrogen and oxygen atoms in total. The zero-order chi connectivity index (χ0) is 17.3. The molecule has 1 aliphatic rings. The molecule has 1 saturated heterocycles. The van der Waals surface area contributed by atoms with Crippen molar-refractivity contribution in [3.63, 3.8) is 0 Å². The van der Waals surface area contributed by atoms with Gasteiger partial charge in [-0.25, -0.2) is 4.39 Å². The zero-order valence-electron chi connectivity index (χ0n) is 14.1. The third-order valence-corrected chi connectivity index (χ3v) is 3.17. The highest BCUT2D eigenvalue weighted by atomic mass is 19.1. The minimum Gasteiger partial charge on any atom is -0.507 e. The number of hydrogen-bond acceptors (Lipinski definition) is 5. The van der Waals surface area contributed by atoms with E-state index in [1.54, 1.807) is 0 Å². The van der Waals surface area contributed by atoms with E-state index in [2.05, 4.69) is 0 Å². The Balaban J connectivity index is 0.00000102. The van der Waals surface area contributed by atoms with Crippen molar-refractivity contribution in [1.29, 1.82) is 0 Å². The molecule has 0 aromatic heterocycles. The van der Waals surface area contributed by atoms with Crippen LogP contribution in [0.1, 0.15) is 38.8 Å². The fourth-order valence-electron chi connectivity index (χ4n) is 2.00. The first kappa shape index (κ1) is 20.5. The Bertz CT molecular complexity index is 431. The molecule has 0 bridgehead atoms. The van der Waals surface area contributed by atoms with E-state index in [0.29, 0.717) is 26.3 Å². The first-order chi connectivity index (χ1) is 10.5. The fraction of sp³-hybridized carbons (Fsp3) is 0.625. The van der Waals surface area contributed by atoms with Crippen LogP contribution in [0.2, 0.25) is 0 Å². The van der Waals surface area contributed by atoms with Gasteiger partial charge in [0.1, 0.15) is 5.75 Å². The Kier molecular flexibility index (Phi) is 9.53. The molecule has 1 aliphatic heterocycles. The number of phenols is 3. The molecule has 1 aromatic carbocycles. The van der Waals surface area contributed by atoms with E-state index >= 15 is 0 Å². The second-order valence-corrected chi connectivity index (χ2v) is 4.35. The van der Waals surface area contributed by atoms with Crippen molar-refractivity contribution >= 4 is 0 Å². The Labute approximate surface area is 132 Å². The maximum atomic E-state index is 13.4. The van der Waals surface area contributed by atoms with Gasteiger partial charge in [0.05, 0.1) is 18.8 Å². The van der Waals surface area contributed by atoms with Crippen molar-refractivity contribution in [3.8, 4) is 17.2 Å². The van der Waals surface area contributed by atoms with Crippen molar-refractivity contribution in [2.75, 3.05) is 26.3 Å². The molecule has 22 heavy (non-hydrogen) atoms. The van der Waals surface area contributed by atoms with Crippen LogP contribution in [0.3, 0.4) is 0 Å². The van der Waals surface area contributed by atoms with Gasteiger partial charge in [-0.2, -0.15) is 0 Å². The van der Waals surface area contributed by atoms with Crippen LogP contribution < -0.4 is 0 Å². The highest BCUT2D eigenvalue weighted by molar-refractivity contribution is 5.56. The molecule has 1 heterocycles. The van der Waals surface area contributed by atoms with Gasteiger partial charge in [0, 0.05) is 25.2 Å². The van der Waals surface area contributed by atoms with Gasteiger partial charge in [0.2, 0.25) is 0 Å². The van der Waals surface area contributed by atoms with E-state index in [4.69, 9.17) is 4.74 Å². The first-order valence-electron chi connectivity index (χ1n) is 7.74. The summed E-state index contributed by atoms with van der Waals surface area (Å²) in [7, 11) is 0. The van der Waals surface area contributed by atoms with Gasteiger partial charge < -0.3 is 20.1 Å². The Hall–Kier alpha value is -1.53. The molecular weight excluding hydrogens is 289 g/mol. The molecule has 2 rings (SSSR count). The number of benzene rings is 1. The highest BCUT2D eigenvalue weighted by Crippen LogP contribution is 2.41. The van der Waals surface area contributed by atoms with Crippen molar-refractivity contribution in [2.24, 2.45) is 0 Å². The van der Waals surface area contributed by atoms with Gasteiger partial charge in [-0.1, -0.05) is 27.7 Å². The third-order valence-electron chi connectivity index (χ3n) is 3.17. The third kappa shape index (κ3) is 4.74. The second kappa shape index (κ2) is 10.2. The molecule has 0 radical (unpaired) electrons. The molecule has 0 atom stereocenters. The average Bonchev–Trinajstić information content (AvgIpc) is 2.59. The minimum absolute atomic E-state index is 0.0615. The topological polar surface area (TPSA) is 73.2 Å². The maximum absolute atomic E-state index is 13.4. The molecule has 0 aliphatic carbocycles. The van der Waals surface area contributed by atoms with Crippen molar-refractivity contribution in [3.05, 3.63) is 16.9 Å². The standard InChI is InChI=1S/C12H16FNO4.2C2H6/c1-7-9(13)12(17)11(16)8(10(7)15)6-14-2-4-18-5-3-14;2*1-2/h15-17H,2-6H2,1H3;2*1-2H3. The van der Waals surface area contributed by atoms with Crippen LogP contribution in [0.25, 0.3) is 0 Å². The SMILES string of the molecule is CC.CC.Cc1c(O)c(CN2CCOCC2)c(O)c(O)c1F. The van der Waals surface area contributed by atoms with Crippen molar-refractivity contribution in [1.82, 2.24) is 4.90 Å². The summed E-state index contributed by atoms with van der Waals surface area (Å²) in [5, 5.41) is 29.0. The molecule has 3 N–H and O–H groups in total. The number of phenolic OH excluding ortho intramolecular Hbond substituents is 3. The predicted molar refractivity (Wildman–Crippen MR) is 84.9 cm³/mol. The first-order valence-corrected chi connectivity index (χ1v) is 7.74. The van der Waals surface area contributed by atoms with E-state index in [9.17, 15) is 19.7 Å². The van der Waals surface area contributed by atoms with Crippen molar-refractivity contribution < 1.29 is 24.4 Å². The Morgan fingerprint density at radius 2 is 1.45 bits per heavy atom. The molecule has 128 valence electrons. The number of halogens is 1. The van der Waals surface area contributed by atoms with Gasteiger partial charge >= 0.3 is 0 Å². The average molecular weight is 317 g/mol. The number of aromatic hydroxyl groups is 3. The number of nitrogens with zero attached hydrogens (tertiary/aromatic N) is 1. The second-order valence-electron chi connectivity index (χ2n) is 4.35. The molecule has 1 aromatic rings. The van der Waals surface area contributed by atoms with E-state index in [1.165, 1.54) is 6.92 Å².